The molecule has 1 aliphatic carbocycles. The molecular formula is C10H13NO2. The Hall–Kier alpha value is -1.22. The van der Waals surface area contributed by atoms with E-state index in [-0.39, 0.29) is 17.0 Å². The van der Waals surface area contributed by atoms with Crippen LogP contribution >= 0.6 is 0 Å². The first-order valence-electron chi connectivity index (χ1n) is 4.43. The summed E-state index contributed by atoms with van der Waals surface area (Å²) in [7, 11) is 0. The Labute approximate surface area is 76.8 Å². The lowest BCUT2D eigenvalue weighted by molar-refractivity contribution is 0.245. The fourth-order valence-electron chi connectivity index (χ4n) is 1.77. The molecule has 1 fully saturated rings. The minimum atomic E-state index is -0.363. The Kier molecular flexibility index (Phi) is 1.70. The Morgan fingerprint density at radius 3 is 2.38 bits per heavy atom. The highest BCUT2D eigenvalue weighted by Crippen LogP contribution is 2.43. The minimum Gasteiger partial charge on any atom is -0.508 e. The standard InChI is InChI=1S/C10H13NO2/c11-10(4-1-5-10)8-3-2-7(12)6-9(8)13/h2-3,6,12-13H,1,4-5,11H2. The van der Waals surface area contributed by atoms with Gasteiger partial charge in [0.1, 0.15) is 11.5 Å². The molecule has 0 saturated heterocycles. The molecule has 1 aromatic rings. The zero-order valence-corrected chi connectivity index (χ0v) is 7.33. The van der Waals surface area contributed by atoms with E-state index < -0.39 is 0 Å². The third-order valence-corrected chi connectivity index (χ3v) is 2.76. The largest absolute Gasteiger partial charge is 0.508 e. The predicted molar refractivity (Wildman–Crippen MR) is 49.5 cm³/mol. The van der Waals surface area contributed by atoms with Crippen molar-refractivity contribution in [2.24, 2.45) is 5.73 Å². The van der Waals surface area contributed by atoms with E-state index in [1.165, 1.54) is 6.07 Å². The third-order valence-electron chi connectivity index (χ3n) is 2.76. The molecule has 0 amide bonds. The van der Waals surface area contributed by atoms with Gasteiger partial charge in [-0.2, -0.15) is 0 Å². The maximum atomic E-state index is 9.55. The van der Waals surface area contributed by atoms with Crippen molar-refractivity contribution in [2.75, 3.05) is 0 Å². The van der Waals surface area contributed by atoms with Crippen LogP contribution in [0.4, 0.5) is 0 Å². The average Bonchev–Trinajstić information content (AvgIpc) is 2.00. The number of hydrogen-bond donors (Lipinski definition) is 3. The number of rotatable bonds is 1. The first kappa shape index (κ1) is 8.38. The van der Waals surface area contributed by atoms with E-state index in [4.69, 9.17) is 10.8 Å². The number of aromatic hydroxyl groups is 2. The van der Waals surface area contributed by atoms with Crippen molar-refractivity contribution in [3.8, 4) is 11.5 Å². The van der Waals surface area contributed by atoms with Crippen LogP contribution in [0.2, 0.25) is 0 Å². The highest BCUT2D eigenvalue weighted by molar-refractivity contribution is 5.43. The lowest BCUT2D eigenvalue weighted by Gasteiger charge is -2.38. The van der Waals surface area contributed by atoms with Crippen molar-refractivity contribution < 1.29 is 10.2 Å². The summed E-state index contributed by atoms with van der Waals surface area (Å²) in [6, 6.07) is 4.59. The topological polar surface area (TPSA) is 66.5 Å². The van der Waals surface area contributed by atoms with E-state index in [1.807, 2.05) is 0 Å². The summed E-state index contributed by atoms with van der Waals surface area (Å²) in [5.41, 5.74) is 6.42. The minimum absolute atomic E-state index is 0.0733. The number of phenolic OH excluding ortho intramolecular Hbond substituents is 2. The molecule has 70 valence electrons. The molecule has 0 aromatic heterocycles. The van der Waals surface area contributed by atoms with Crippen molar-refractivity contribution in [2.45, 2.75) is 24.8 Å². The second kappa shape index (κ2) is 2.64. The third kappa shape index (κ3) is 1.25. The van der Waals surface area contributed by atoms with E-state index in [0.717, 1.165) is 24.8 Å². The van der Waals surface area contributed by atoms with Crippen LogP contribution in [0.15, 0.2) is 18.2 Å². The Bertz CT molecular complexity index is 332. The van der Waals surface area contributed by atoms with E-state index in [9.17, 15) is 5.11 Å². The zero-order valence-electron chi connectivity index (χ0n) is 7.33. The first-order valence-corrected chi connectivity index (χ1v) is 4.43. The van der Waals surface area contributed by atoms with Crippen LogP contribution in [0, 0.1) is 0 Å². The van der Waals surface area contributed by atoms with Crippen molar-refractivity contribution in [3.05, 3.63) is 23.8 Å². The monoisotopic (exact) mass is 179 g/mol. The highest BCUT2D eigenvalue weighted by atomic mass is 16.3. The molecule has 4 N–H and O–H groups in total. The average molecular weight is 179 g/mol. The lowest BCUT2D eigenvalue weighted by atomic mass is 9.72. The molecule has 1 aliphatic rings. The molecule has 0 spiro atoms. The van der Waals surface area contributed by atoms with Gasteiger partial charge in [0.15, 0.2) is 0 Å². The number of phenols is 2. The molecule has 13 heavy (non-hydrogen) atoms. The van der Waals surface area contributed by atoms with Gasteiger partial charge < -0.3 is 15.9 Å². The molecule has 0 bridgehead atoms. The molecular weight excluding hydrogens is 166 g/mol. The van der Waals surface area contributed by atoms with Crippen molar-refractivity contribution in [3.63, 3.8) is 0 Å². The van der Waals surface area contributed by atoms with Crippen LogP contribution in [0.1, 0.15) is 24.8 Å². The Morgan fingerprint density at radius 1 is 1.23 bits per heavy atom. The maximum absolute atomic E-state index is 9.55. The smallest absolute Gasteiger partial charge is 0.124 e. The van der Waals surface area contributed by atoms with Crippen LogP contribution in [0.5, 0.6) is 11.5 Å². The van der Waals surface area contributed by atoms with Gasteiger partial charge in [-0.3, -0.25) is 0 Å². The van der Waals surface area contributed by atoms with E-state index in [0.29, 0.717) is 0 Å². The molecule has 0 radical (unpaired) electrons. The summed E-state index contributed by atoms with van der Waals surface area (Å²) >= 11 is 0. The normalized spacial score (nSPS) is 19.5. The van der Waals surface area contributed by atoms with Crippen LogP contribution in [0.3, 0.4) is 0 Å². The van der Waals surface area contributed by atoms with Crippen molar-refractivity contribution in [1.82, 2.24) is 0 Å². The van der Waals surface area contributed by atoms with E-state index in [2.05, 4.69) is 0 Å². The van der Waals surface area contributed by atoms with E-state index >= 15 is 0 Å². The van der Waals surface area contributed by atoms with Crippen LogP contribution in [-0.2, 0) is 5.54 Å². The van der Waals surface area contributed by atoms with Gasteiger partial charge in [-0.15, -0.1) is 0 Å². The molecule has 1 saturated carbocycles. The second-order valence-corrected chi connectivity index (χ2v) is 3.71. The molecule has 1 aromatic carbocycles. The molecule has 2 rings (SSSR count). The van der Waals surface area contributed by atoms with Crippen molar-refractivity contribution >= 4 is 0 Å². The fourth-order valence-corrected chi connectivity index (χ4v) is 1.77. The second-order valence-electron chi connectivity index (χ2n) is 3.71. The van der Waals surface area contributed by atoms with Gasteiger partial charge in [0.25, 0.3) is 0 Å². The summed E-state index contributed by atoms with van der Waals surface area (Å²) in [5, 5.41) is 18.6. The zero-order chi connectivity index (χ0) is 9.47. The van der Waals surface area contributed by atoms with Gasteiger partial charge in [-0.1, -0.05) is 0 Å². The van der Waals surface area contributed by atoms with Crippen molar-refractivity contribution in [1.29, 1.82) is 0 Å². The van der Waals surface area contributed by atoms with Gasteiger partial charge in [0, 0.05) is 17.2 Å². The first-order chi connectivity index (χ1) is 6.12. The molecule has 0 aliphatic heterocycles. The lowest BCUT2D eigenvalue weighted by Crippen LogP contribution is -2.43. The number of hydrogen-bond acceptors (Lipinski definition) is 3. The SMILES string of the molecule is NC1(c2ccc(O)cc2O)CCC1. The van der Waals surface area contributed by atoms with Gasteiger partial charge in [-0.05, 0) is 31.4 Å². The summed E-state index contributed by atoms with van der Waals surface area (Å²) in [4.78, 5) is 0. The van der Waals surface area contributed by atoms with Gasteiger partial charge in [0.2, 0.25) is 0 Å². The quantitative estimate of drug-likeness (QED) is 0.611. The molecule has 0 atom stereocenters. The summed E-state index contributed by atoms with van der Waals surface area (Å²) in [6.07, 6.45) is 2.92. The van der Waals surface area contributed by atoms with Crippen LogP contribution in [-0.4, -0.2) is 10.2 Å². The Morgan fingerprint density at radius 2 is 1.92 bits per heavy atom. The van der Waals surface area contributed by atoms with Gasteiger partial charge >= 0.3 is 0 Å². The summed E-state index contributed by atoms with van der Waals surface area (Å²) in [6.45, 7) is 0. The molecule has 3 nitrogen and oxygen atoms in total. The highest BCUT2D eigenvalue weighted by Gasteiger charge is 2.36. The predicted octanol–water partition coefficient (Wildman–Crippen LogP) is 1.44. The number of benzene rings is 1. The number of nitrogens with two attached hydrogens (primary N) is 1. The molecule has 0 unspecified atom stereocenters. The maximum Gasteiger partial charge on any atom is 0.124 e. The van der Waals surface area contributed by atoms with Gasteiger partial charge in [0.05, 0.1) is 0 Å². The Balaban J connectivity index is 2.40. The van der Waals surface area contributed by atoms with Crippen LogP contribution in [0.25, 0.3) is 0 Å². The molecule has 3 heteroatoms. The van der Waals surface area contributed by atoms with E-state index in [1.54, 1.807) is 12.1 Å². The van der Waals surface area contributed by atoms with Crippen LogP contribution < -0.4 is 5.73 Å². The molecule has 0 heterocycles. The summed E-state index contributed by atoms with van der Waals surface area (Å²) < 4.78 is 0. The van der Waals surface area contributed by atoms with Gasteiger partial charge in [-0.25, -0.2) is 0 Å². The fraction of sp³-hybridized carbons (Fsp3) is 0.400. The summed E-state index contributed by atoms with van der Waals surface area (Å²) in [5.74, 6) is 0.173.